The summed E-state index contributed by atoms with van der Waals surface area (Å²) >= 11 is 9.22. The number of nitrogens with zero attached hydrogens (tertiary/aromatic N) is 2. The van der Waals surface area contributed by atoms with Gasteiger partial charge in [0.25, 0.3) is 5.91 Å². The third kappa shape index (κ3) is 3.11. The number of hydrogen-bond acceptors (Lipinski definition) is 3. The minimum atomic E-state index is -0.399. The first-order valence-electron chi connectivity index (χ1n) is 5.23. The summed E-state index contributed by atoms with van der Waals surface area (Å²) in [7, 11) is 0. The fourth-order valence-electron chi connectivity index (χ4n) is 1.42. The molecule has 0 aliphatic carbocycles. The Kier molecular flexibility index (Phi) is 4.15. The molecule has 0 saturated carbocycles. The number of nitrogens with one attached hydrogen (secondary N) is 1. The number of rotatable bonds is 2. The third-order valence-electron chi connectivity index (χ3n) is 2.32. The molecule has 2 rings (SSSR count). The molecule has 6 heteroatoms. The molecule has 1 aromatic heterocycles. The van der Waals surface area contributed by atoms with Gasteiger partial charge in [-0.05, 0) is 46.3 Å². The summed E-state index contributed by atoms with van der Waals surface area (Å²) in [5.41, 5.74) is 1.05. The van der Waals surface area contributed by atoms with Crippen LogP contribution in [0.15, 0.2) is 41.0 Å². The molecule has 0 fully saturated rings. The van der Waals surface area contributed by atoms with Crippen molar-refractivity contribution in [3.05, 3.63) is 57.3 Å². The van der Waals surface area contributed by atoms with Gasteiger partial charge in [0.05, 0.1) is 22.3 Å². The molecule has 0 spiro atoms. The molecule has 0 aliphatic heterocycles. The van der Waals surface area contributed by atoms with Gasteiger partial charge in [0.1, 0.15) is 5.69 Å². The minimum Gasteiger partial charge on any atom is -0.319 e. The highest BCUT2D eigenvalue weighted by Gasteiger charge is 2.13. The Balaban J connectivity index is 2.30. The van der Waals surface area contributed by atoms with Crippen molar-refractivity contribution in [1.82, 2.24) is 4.98 Å². The van der Waals surface area contributed by atoms with E-state index in [0.717, 1.165) is 0 Å². The Morgan fingerprint density at radius 1 is 1.42 bits per heavy atom. The molecule has 0 saturated heterocycles. The average molecular weight is 337 g/mol. The van der Waals surface area contributed by atoms with E-state index in [4.69, 9.17) is 16.9 Å². The summed E-state index contributed by atoms with van der Waals surface area (Å²) in [6.07, 6.45) is 1.52. The van der Waals surface area contributed by atoms with Crippen LogP contribution in [0.3, 0.4) is 0 Å². The van der Waals surface area contributed by atoms with Crippen LogP contribution < -0.4 is 5.32 Å². The maximum Gasteiger partial charge on any atom is 0.275 e. The van der Waals surface area contributed by atoms with Crippen molar-refractivity contribution in [2.75, 3.05) is 5.32 Å². The number of carbonyl (C=O) groups excluding carboxylic acids is 1. The van der Waals surface area contributed by atoms with E-state index < -0.39 is 5.91 Å². The van der Waals surface area contributed by atoms with Crippen molar-refractivity contribution in [3.63, 3.8) is 0 Å². The molecule has 94 valence electrons. The van der Waals surface area contributed by atoms with Crippen LogP contribution in [0.4, 0.5) is 5.69 Å². The summed E-state index contributed by atoms with van der Waals surface area (Å²) in [6, 6.07) is 10.1. The van der Waals surface area contributed by atoms with Gasteiger partial charge in [-0.3, -0.25) is 4.79 Å². The molecule has 0 unspecified atom stereocenters. The lowest BCUT2D eigenvalue weighted by Crippen LogP contribution is -2.14. The van der Waals surface area contributed by atoms with Gasteiger partial charge < -0.3 is 5.32 Å². The molecule has 2 aromatic rings. The van der Waals surface area contributed by atoms with Crippen molar-refractivity contribution in [2.45, 2.75) is 0 Å². The molecular weight excluding hydrogens is 330 g/mol. The highest BCUT2D eigenvalue weighted by molar-refractivity contribution is 9.10. The summed E-state index contributed by atoms with van der Waals surface area (Å²) in [5.74, 6) is -0.399. The zero-order valence-electron chi connectivity index (χ0n) is 9.52. The summed E-state index contributed by atoms with van der Waals surface area (Å²) in [4.78, 5) is 16.0. The van der Waals surface area contributed by atoms with E-state index >= 15 is 0 Å². The molecule has 0 bridgehead atoms. The number of pyridine rings is 1. The average Bonchev–Trinajstić information content (AvgIpc) is 2.41. The Morgan fingerprint density at radius 3 is 2.89 bits per heavy atom. The van der Waals surface area contributed by atoms with Gasteiger partial charge in [0.15, 0.2) is 0 Å². The second-order valence-corrected chi connectivity index (χ2v) is 4.86. The number of nitriles is 1. The Morgan fingerprint density at radius 2 is 2.21 bits per heavy atom. The van der Waals surface area contributed by atoms with Crippen LogP contribution in [0.1, 0.15) is 16.1 Å². The van der Waals surface area contributed by atoms with Crippen molar-refractivity contribution in [3.8, 4) is 6.07 Å². The van der Waals surface area contributed by atoms with Gasteiger partial charge in [-0.1, -0.05) is 11.6 Å². The first kappa shape index (κ1) is 13.5. The molecule has 0 aliphatic rings. The third-order valence-corrected chi connectivity index (χ3v) is 3.29. The van der Waals surface area contributed by atoms with E-state index in [2.05, 4.69) is 26.2 Å². The van der Waals surface area contributed by atoms with E-state index in [9.17, 15) is 4.79 Å². The minimum absolute atomic E-state index is 0.251. The maximum absolute atomic E-state index is 12.0. The quantitative estimate of drug-likeness (QED) is 0.911. The summed E-state index contributed by atoms with van der Waals surface area (Å²) in [6.45, 7) is 0. The lowest BCUT2D eigenvalue weighted by Gasteiger charge is -2.08. The number of anilines is 1. The molecule has 1 aromatic carbocycles. The first-order chi connectivity index (χ1) is 9.11. The van der Waals surface area contributed by atoms with E-state index in [-0.39, 0.29) is 5.69 Å². The second kappa shape index (κ2) is 5.83. The fourth-order valence-corrected chi connectivity index (χ4v) is 2.02. The lowest BCUT2D eigenvalue weighted by molar-refractivity contribution is 0.102. The standard InChI is InChI=1S/C13H7BrClN3O/c14-9-2-1-5-17-12(9)13(19)18-11-6-8(7-16)3-4-10(11)15/h1-6H,(H,18,19). The van der Waals surface area contributed by atoms with Crippen LogP contribution in [0.5, 0.6) is 0 Å². The highest BCUT2D eigenvalue weighted by Crippen LogP contribution is 2.24. The number of aromatic nitrogens is 1. The molecule has 4 nitrogen and oxygen atoms in total. The van der Waals surface area contributed by atoms with Crippen molar-refractivity contribution >= 4 is 39.1 Å². The smallest absolute Gasteiger partial charge is 0.275 e. The van der Waals surface area contributed by atoms with Gasteiger partial charge in [-0.2, -0.15) is 5.26 Å². The van der Waals surface area contributed by atoms with E-state index in [1.54, 1.807) is 24.3 Å². The van der Waals surface area contributed by atoms with Crippen LogP contribution in [-0.2, 0) is 0 Å². The number of carbonyl (C=O) groups is 1. The lowest BCUT2D eigenvalue weighted by atomic mass is 10.2. The number of halogens is 2. The second-order valence-electron chi connectivity index (χ2n) is 3.59. The molecular formula is C13H7BrClN3O. The van der Waals surface area contributed by atoms with Gasteiger partial charge in [-0.25, -0.2) is 4.98 Å². The molecule has 1 N–H and O–H groups in total. The Bertz CT molecular complexity index is 682. The van der Waals surface area contributed by atoms with E-state index in [1.165, 1.54) is 12.3 Å². The van der Waals surface area contributed by atoms with Crippen LogP contribution in [-0.4, -0.2) is 10.9 Å². The number of benzene rings is 1. The Labute approximate surface area is 123 Å². The summed E-state index contributed by atoms with van der Waals surface area (Å²) in [5, 5.41) is 11.8. The topological polar surface area (TPSA) is 65.8 Å². The van der Waals surface area contributed by atoms with Crippen LogP contribution >= 0.6 is 27.5 Å². The van der Waals surface area contributed by atoms with E-state index in [0.29, 0.717) is 20.7 Å². The number of hydrogen-bond donors (Lipinski definition) is 1. The van der Waals surface area contributed by atoms with Crippen molar-refractivity contribution < 1.29 is 4.79 Å². The molecule has 19 heavy (non-hydrogen) atoms. The van der Waals surface area contributed by atoms with E-state index in [1.807, 2.05) is 6.07 Å². The first-order valence-corrected chi connectivity index (χ1v) is 6.40. The zero-order valence-corrected chi connectivity index (χ0v) is 11.9. The van der Waals surface area contributed by atoms with Crippen LogP contribution in [0, 0.1) is 11.3 Å². The van der Waals surface area contributed by atoms with Crippen LogP contribution in [0.2, 0.25) is 5.02 Å². The molecule has 1 heterocycles. The maximum atomic E-state index is 12.0. The van der Waals surface area contributed by atoms with Gasteiger partial charge in [-0.15, -0.1) is 0 Å². The summed E-state index contributed by atoms with van der Waals surface area (Å²) < 4.78 is 0.583. The molecule has 1 amide bonds. The normalized spacial score (nSPS) is 9.74. The fraction of sp³-hybridized carbons (Fsp3) is 0. The predicted octanol–water partition coefficient (Wildman–Crippen LogP) is 3.62. The predicted molar refractivity (Wildman–Crippen MR) is 76.1 cm³/mol. The van der Waals surface area contributed by atoms with Crippen molar-refractivity contribution in [2.24, 2.45) is 0 Å². The van der Waals surface area contributed by atoms with Gasteiger partial charge in [0, 0.05) is 10.7 Å². The molecule has 0 atom stereocenters. The molecule has 0 radical (unpaired) electrons. The SMILES string of the molecule is N#Cc1ccc(Cl)c(NC(=O)c2ncccc2Br)c1. The number of amides is 1. The monoisotopic (exact) mass is 335 g/mol. The van der Waals surface area contributed by atoms with Gasteiger partial charge in [0.2, 0.25) is 0 Å². The van der Waals surface area contributed by atoms with Gasteiger partial charge >= 0.3 is 0 Å². The highest BCUT2D eigenvalue weighted by atomic mass is 79.9. The zero-order chi connectivity index (χ0) is 13.8. The Hall–Kier alpha value is -1.90. The van der Waals surface area contributed by atoms with Crippen LogP contribution in [0.25, 0.3) is 0 Å². The van der Waals surface area contributed by atoms with Crippen molar-refractivity contribution in [1.29, 1.82) is 5.26 Å². The largest absolute Gasteiger partial charge is 0.319 e.